The fourth-order valence-corrected chi connectivity index (χ4v) is 2.52. The van der Waals surface area contributed by atoms with Crippen LogP contribution >= 0.6 is 0 Å². The molecule has 1 unspecified atom stereocenters. The summed E-state index contributed by atoms with van der Waals surface area (Å²) in [4.78, 5) is 3.94. The van der Waals surface area contributed by atoms with Crippen LogP contribution in [0.4, 0.5) is 0 Å². The number of allylic oxidation sites excluding steroid dienone is 1. The van der Waals surface area contributed by atoms with E-state index in [4.69, 9.17) is 18.4 Å². The van der Waals surface area contributed by atoms with Crippen molar-refractivity contribution >= 4 is 18.5 Å². The molecule has 2 rings (SSSR count). The third-order valence-electron chi connectivity index (χ3n) is 3.21. The summed E-state index contributed by atoms with van der Waals surface area (Å²) in [6, 6.07) is 11.8. The number of aliphatic imine (C=N–C) groups is 1. The van der Waals surface area contributed by atoms with E-state index in [0.717, 1.165) is 11.1 Å². The molecule has 0 fully saturated rings. The van der Waals surface area contributed by atoms with Gasteiger partial charge in [-0.15, -0.1) is 0 Å². The molecule has 2 N–H and O–H groups in total. The van der Waals surface area contributed by atoms with Gasteiger partial charge in [-0.3, -0.25) is 4.99 Å². The molecular weight excluding hydrogens is 256 g/mol. The van der Waals surface area contributed by atoms with Crippen molar-refractivity contribution in [1.29, 1.82) is 10.5 Å². The monoisotopic (exact) mass is 267 g/mol. The zero-order chi connectivity index (χ0) is 14.0. The number of benzene rings is 1. The number of nitrogens with zero attached hydrogens (tertiary/aromatic N) is 3. The Morgan fingerprint density at radius 3 is 2.58 bits per heavy atom. The molecule has 0 saturated heterocycles. The van der Waals surface area contributed by atoms with Crippen molar-refractivity contribution in [2.75, 3.05) is 0 Å². The van der Waals surface area contributed by atoms with Gasteiger partial charge in [0.15, 0.2) is 0 Å². The minimum atomic E-state index is -0.651. The Balaban J connectivity index is 2.66. The lowest BCUT2D eigenvalue weighted by Gasteiger charge is -2.30. The maximum Gasteiger partial charge on any atom is 0.115 e. The highest BCUT2D eigenvalue weighted by molar-refractivity contribution is 7.63. The average molecular weight is 267 g/mol. The maximum absolute atomic E-state index is 9.31. The number of nitrogens with two attached hydrogens (primary N) is 1. The van der Waals surface area contributed by atoms with Gasteiger partial charge in [0.1, 0.15) is 11.8 Å². The Morgan fingerprint density at radius 1 is 1.32 bits per heavy atom. The van der Waals surface area contributed by atoms with Gasteiger partial charge >= 0.3 is 0 Å². The third kappa shape index (κ3) is 2.16. The normalized spacial score (nSPS) is 22.4. The first-order valence-corrected chi connectivity index (χ1v) is 6.11. The summed E-state index contributed by atoms with van der Waals surface area (Å²) in [7, 11) is 0. The maximum atomic E-state index is 9.31. The van der Waals surface area contributed by atoms with Crippen LogP contribution in [0.25, 0.3) is 0 Å². The van der Waals surface area contributed by atoms with Crippen molar-refractivity contribution in [3.05, 3.63) is 46.0 Å². The van der Waals surface area contributed by atoms with Gasteiger partial charge in [-0.05, 0) is 18.1 Å². The van der Waals surface area contributed by atoms with Crippen molar-refractivity contribution < 1.29 is 0 Å². The number of nitriles is 2. The van der Waals surface area contributed by atoms with Gasteiger partial charge in [0.2, 0.25) is 0 Å². The third-order valence-corrected chi connectivity index (χ3v) is 3.52. The van der Waals surface area contributed by atoms with Crippen LogP contribution in [0.15, 0.2) is 39.9 Å². The SMILES string of the molecule is Cc1ccccc1[C@@H]1C(C#N)=C([S-])N=C(N)C1C#N. The highest BCUT2D eigenvalue weighted by Crippen LogP contribution is 2.38. The van der Waals surface area contributed by atoms with Crippen molar-refractivity contribution in [2.45, 2.75) is 12.8 Å². The molecule has 1 aromatic carbocycles. The molecule has 2 atom stereocenters. The minimum absolute atomic E-state index is 0.180. The van der Waals surface area contributed by atoms with E-state index in [-0.39, 0.29) is 10.9 Å². The fourth-order valence-electron chi connectivity index (χ4n) is 2.25. The van der Waals surface area contributed by atoms with Crippen LogP contribution in [0, 0.1) is 35.5 Å². The molecule has 0 amide bonds. The topological polar surface area (TPSA) is 86.0 Å². The second-order valence-electron chi connectivity index (χ2n) is 4.31. The van der Waals surface area contributed by atoms with Crippen LogP contribution in [0.1, 0.15) is 17.0 Å². The van der Waals surface area contributed by atoms with E-state index in [1.54, 1.807) is 0 Å². The van der Waals surface area contributed by atoms with Crippen LogP contribution < -0.4 is 5.73 Å². The molecule has 5 heteroatoms. The lowest BCUT2D eigenvalue weighted by molar-refractivity contribution is 0.705. The molecule has 1 heterocycles. The number of hydrogen-bond acceptors (Lipinski definition) is 5. The summed E-state index contributed by atoms with van der Waals surface area (Å²) in [5.74, 6) is -0.900. The van der Waals surface area contributed by atoms with E-state index in [1.165, 1.54) is 0 Å². The quantitative estimate of drug-likeness (QED) is 0.787. The number of hydrogen-bond donors (Lipinski definition) is 1. The predicted octanol–water partition coefficient (Wildman–Crippen LogP) is 1.87. The summed E-state index contributed by atoms with van der Waals surface area (Å²) in [5.41, 5.74) is 8.02. The second-order valence-corrected chi connectivity index (χ2v) is 4.70. The standard InChI is InChI=1S/C14H12N4S/c1-8-4-2-3-5-9(8)12-10(6-15)13(17)18-14(19)11(12)7-16/h2-5,10,12,19H,1H3,(H2,17,18)/p-1/t10?,12-/m0/s1. The van der Waals surface area contributed by atoms with Gasteiger partial charge in [-0.1, -0.05) is 29.3 Å². The number of rotatable bonds is 1. The van der Waals surface area contributed by atoms with Crippen LogP contribution in [-0.2, 0) is 12.6 Å². The molecule has 4 nitrogen and oxygen atoms in total. The summed E-state index contributed by atoms with van der Waals surface area (Å²) in [5, 5.41) is 18.8. The lowest BCUT2D eigenvalue weighted by Crippen LogP contribution is -2.32. The van der Waals surface area contributed by atoms with Crippen LogP contribution in [0.3, 0.4) is 0 Å². The largest absolute Gasteiger partial charge is 0.759 e. The summed E-state index contributed by atoms with van der Waals surface area (Å²) in [6.07, 6.45) is 0. The Morgan fingerprint density at radius 2 is 2.00 bits per heavy atom. The van der Waals surface area contributed by atoms with Crippen molar-refractivity contribution in [2.24, 2.45) is 16.6 Å². The Kier molecular flexibility index (Phi) is 3.50. The molecule has 0 saturated carbocycles. The second kappa shape index (κ2) is 5.09. The smallest absolute Gasteiger partial charge is 0.115 e. The van der Waals surface area contributed by atoms with E-state index in [9.17, 15) is 10.5 Å². The van der Waals surface area contributed by atoms with Gasteiger partial charge in [0, 0.05) is 11.5 Å². The first kappa shape index (κ1) is 13.1. The molecule has 0 aromatic heterocycles. The van der Waals surface area contributed by atoms with E-state index in [0.29, 0.717) is 5.57 Å². The predicted molar refractivity (Wildman–Crippen MR) is 74.6 cm³/mol. The first-order chi connectivity index (χ1) is 9.10. The molecular formula is C14H11N4S-. The molecule has 0 radical (unpaired) electrons. The zero-order valence-corrected chi connectivity index (χ0v) is 11.1. The van der Waals surface area contributed by atoms with Crippen LogP contribution in [-0.4, -0.2) is 5.84 Å². The Hall–Kier alpha value is -2.37. The minimum Gasteiger partial charge on any atom is -0.759 e. The Labute approximate surface area is 117 Å². The highest BCUT2D eigenvalue weighted by Gasteiger charge is 2.33. The summed E-state index contributed by atoms with van der Waals surface area (Å²) < 4.78 is 0. The average Bonchev–Trinajstić information content (AvgIpc) is 2.38. The van der Waals surface area contributed by atoms with Crippen molar-refractivity contribution in [3.8, 4) is 12.1 Å². The van der Waals surface area contributed by atoms with Crippen molar-refractivity contribution in [3.63, 3.8) is 0 Å². The lowest BCUT2D eigenvalue weighted by atomic mass is 9.78. The fraction of sp³-hybridized carbons (Fsp3) is 0.214. The molecule has 0 aliphatic carbocycles. The Bertz CT molecular complexity index is 661. The van der Waals surface area contributed by atoms with E-state index < -0.39 is 11.8 Å². The van der Waals surface area contributed by atoms with Gasteiger partial charge in [0.05, 0.1) is 12.1 Å². The highest BCUT2D eigenvalue weighted by atomic mass is 32.1. The van der Waals surface area contributed by atoms with Gasteiger partial charge in [-0.25, -0.2) is 0 Å². The molecule has 1 aromatic rings. The van der Waals surface area contributed by atoms with Crippen LogP contribution in [0.5, 0.6) is 0 Å². The zero-order valence-electron chi connectivity index (χ0n) is 10.3. The van der Waals surface area contributed by atoms with Gasteiger partial charge < -0.3 is 18.4 Å². The summed E-state index contributed by atoms with van der Waals surface area (Å²) in [6.45, 7) is 1.93. The number of aryl methyl sites for hydroxylation is 1. The number of amidine groups is 1. The van der Waals surface area contributed by atoms with E-state index in [2.05, 4.69) is 17.1 Å². The first-order valence-electron chi connectivity index (χ1n) is 5.70. The van der Waals surface area contributed by atoms with Crippen LogP contribution in [0.2, 0.25) is 0 Å². The molecule has 1 aliphatic heterocycles. The molecule has 94 valence electrons. The molecule has 19 heavy (non-hydrogen) atoms. The van der Waals surface area contributed by atoms with Gasteiger partial charge in [-0.2, -0.15) is 10.5 Å². The molecule has 0 bridgehead atoms. The van der Waals surface area contributed by atoms with Crippen molar-refractivity contribution in [1.82, 2.24) is 0 Å². The molecule has 0 spiro atoms. The van der Waals surface area contributed by atoms with E-state index >= 15 is 0 Å². The van der Waals surface area contributed by atoms with E-state index in [1.807, 2.05) is 31.2 Å². The molecule has 1 aliphatic rings. The van der Waals surface area contributed by atoms with Gasteiger partial charge in [0.25, 0.3) is 0 Å². The summed E-state index contributed by atoms with van der Waals surface area (Å²) >= 11 is 5.09.